The third kappa shape index (κ3) is 3.77. The van der Waals surface area contributed by atoms with E-state index in [2.05, 4.69) is 10.3 Å². The SMILES string of the molecule is CC(C)(C)CC(=O)N1CC2C[C@@]1(C(=O)NC(C#N)c1cncc(C(F)(F)F)c1)C2(C)C. The summed E-state index contributed by atoms with van der Waals surface area (Å²) in [5.41, 5.74) is -2.93. The van der Waals surface area contributed by atoms with Gasteiger partial charge in [0.25, 0.3) is 0 Å². The van der Waals surface area contributed by atoms with Gasteiger partial charge in [0.1, 0.15) is 11.6 Å². The largest absolute Gasteiger partial charge is 0.417 e. The van der Waals surface area contributed by atoms with Crippen molar-refractivity contribution in [2.45, 2.75) is 65.2 Å². The number of aromatic nitrogens is 1. The van der Waals surface area contributed by atoms with Crippen molar-refractivity contribution in [3.05, 3.63) is 29.6 Å². The van der Waals surface area contributed by atoms with E-state index in [0.717, 1.165) is 12.3 Å². The molecule has 2 aliphatic heterocycles. The highest BCUT2D eigenvalue weighted by Crippen LogP contribution is 2.64. The molecule has 4 rings (SSSR count). The van der Waals surface area contributed by atoms with Crippen molar-refractivity contribution in [3.63, 3.8) is 0 Å². The third-order valence-corrected chi connectivity index (χ3v) is 6.67. The summed E-state index contributed by atoms with van der Waals surface area (Å²) in [6.07, 6.45) is -2.07. The smallest absolute Gasteiger partial charge is 0.335 e. The number of nitrogens with one attached hydrogen (secondary N) is 1. The lowest BCUT2D eigenvalue weighted by atomic mass is 9.52. The topological polar surface area (TPSA) is 86.1 Å². The molecule has 9 heteroatoms. The van der Waals surface area contributed by atoms with Gasteiger partial charge in [0.15, 0.2) is 0 Å². The predicted molar refractivity (Wildman–Crippen MR) is 106 cm³/mol. The molecule has 0 aromatic carbocycles. The lowest BCUT2D eigenvalue weighted by molar-refractivity contribution is -0.158. The zero-order chi connectivity index (χ0) is 23.4. The summed E-state index contributed by atoms with van der Waals surface area (Å²) in [7, 11) is 0. The molecule has 2 bridgehead atoms. The third-order valence-electron chi connectivity index (χ3n) is 6.67. The van der Waals surface area contributed by atoms with Gasteiger partial charge in [0.2, 0.25) is 11.8 Å². The molecular formula is C22H27F3N4O2. The Labute approximate surface area is 179 Å². The van der Waals surface area contributed by atoms with Gasteiger partial charge in [-0.05, 0) is 23.8 Å². The fourth-order valence-electron chi connectivity index (χ4n) is 4.79. The van der Waals surface area contributed by atoms with Crippen molar-refractivity contribution >= 4 is 11.8 Å². The van der Waals surface area contributed by atoms with E-state index in [4.69, 9.17) is 0 Å². The second-order valence-electron chi connectivity index (χ2n) is 10.3. The first-order valence-electron chi connectivity index (χ1n) is 10.2. The molecule has 6 nitrogen and oxygen atoms in total. The van der Waals surface area contributed by atoms with Crippen molar-refractivity contribution in [1.29, 1.82) is 5.26 Å². The van der Waals surface area contributed by atoms with Crippen LogP contribution in [0.5, 0.6) is 0 Å². The van der Waals surface area contributed by atoms with Crippen LogP contribution in [0.1, 0.15) is 64.6 Å². The summed E-state index contributed by atoms with van der Waals surface area (Å²) >= 11 is 0. The van der Waals surface area contributed by atoms with Crippen molar-refractivity contribution in [1.82, 2.24) is 15.2 Å². The van der Waals surface area contributed by atoms with Crippen LogP contribution in [0.3, 0.4) is 0 Å². The van der Waals surface area contributed by atoms with Crippen LogP contribution >= 0.6 is 0 Å². The Kier molecular flexibility index (Phi) is 5.36. The summed E-state index contributed by atoms with van der Waals surface area (Å²) in [6.45, 7) is 10.1. The number of fused-ring (bicyclic) bond motifs is 1. The van der Waals surface area contributed by atoms with E-state index in [-0.39, 0.29) is 29.2 Å². The molecular weight excluding hydrogens is 409 g/mol. The van der Waals surface area contributed by atoms with Crippen molar-refractivity contribution in [2.75, 3.05) is 6.54 Å². The number of alkyl halides is 3. The molecule has 3 atom stereocenters. The van der Waals surface area contributed by atoms with Gasteiger partial charge in [0.05, 0.1) is 11.6 Å². The van der Waals surface area contributed by atoms with Crippen LogP contribution in [0.4, 0.5) is 13.2 Å². The molecule has 1 aliphatic carbocycles. The maximum absolute atomic E-state index is 13.4. The number of amides is 2. The number of carbonyl (C=O) groups is 2. The Hall–Kier alpha value is -2.63. The van der Waals surface area contributed by atoms with E-state index in [1.807, 2.05) is 40.7 Å². The molecule has 3 aliphatic rings. The Morgan fingerprint density at radius 1 is 1.32 bits per heavy atom. The fourth-order valence-corrected chi connectivity index (χ4v) is 4.79. The highest BCUT2D eigenvalue weighted by atomic mass is 19.4. The lowest BCUT2D eigenvalue weighted by Crippen LogP contribution is -2.68. The molecule has 2 amide bonds. The first-order chi connectivity index (χ1) is 14.1. The second kappa shape index (κ2) is 7.21. The Balaban J connectivity index is 1.88. The zero-order valence-corrected chi connectivity index (χ0v) is 18.3. The van der Waals surface area contributed by atoms with Crippen LogP contribution < -0.4 is 5.32 Å². The first-order valence-corrected chi connectivity index (χ1v) is 10.2. The highest BCUT2D eigenvalue weighted by molar-refractivity contribution is 5.95. The summed E-state index contributed by atoms with van der Waals surface area (Å²) in [5.74, 6) is -0.500. The quantitative estimate of drug-likeness (QED) is 0.777. The monoisotopic (exact) mass is 436 g/mol. The Morgan fingerprint density at radius 2 is 1.97 bits per heavy atom. The molecule has 3 heterocycles. The molecule has 0 spiro atoms. The normalized spacial score (nSPS) is 25.4. The van der Waals surface area contributed by atoms with Gasteiger partial charge >= 0.3 is 6.18 Å². The zero-order valence-electron chi connectivity index (χ0n) is 18.3. The molecule has 0 radical (unpaired) electrons. The van der Waals surface area contributed by atoms with Gasteiger partial charge < -0.3 is 10.2 Å². The molecule has 168 valence electrons. The van der Waals surface area contributed by atoms with Crippen LogP contribution in [0, 0.1) is 28.1 Å². The summed E-state index contributed by atoms with van der Waals surface area (Å²) in [5, 5.41) is 12.1. The van der Waals surface area contributed by atoms with E-state index in [1.54, 1.807) is 4.90 Å². The fraction of sp³-hybridized carbons (Fsp3) is 0.636. The van der Waals surface area contributed by atoms with E-state index < -0.39 is 34.6 Å². The standard InChI is InChI=1S/C22H27F3N4O2/c1-19(2,3)8-17(30)29-12-15-7-21(29,20(15,4)5)18(31)28-16(9-26)13-6-14(11-27-10-13)22(23,24)25/h6,10-11,15-16H,7-8,12H2,1-5H3,(H,28,31)/t15?,16?,21-/m1/s1. The van der Waals surface area contributed by atoms with Crippen LogP contribution in [-0.4, -0.2) is 33.8 Å². The molecule has 1 aromatic rings. The number of nitrogens with zero attached hydrogens (tertiary/aromatic N) is 3. The molecule has 1 saturated carbocycles. The molecule has 1 aromatic heterocycles. The number of hydrogen-bond acceptors (Lipinski definition) is 4. The average Bonchev–Trinajstić information content (AvgIpc) is 3.17. The maximum Gasteiger partial charge on any atom is 0.417 e. The number of pyridine rings is 1. The number of rotatable bonds is 4. The van der Waals surface area contributed by atoms with Crippen LogP contribution in [-0.2, 0) is 15.8 Å². The lowest BCUT2D eigenvalue weighted by Gasteiger charge is -2.54. The number of nitriles is 1. The predicted octanol–water partition coefficient (Wildman–Crippen LogP) is 3.84. The Morgan fingerprint density at radius 3 is 2.48 bits per heavy atom. The molecule has 2 unspecified atom stereocenters. The summed E-state index contributed by atoms with van der Waals surface area (Å²) in [4.78, 5) is 31.6. The van der Waals surface area contributed by atoms with Gasteiger partial charge in [-0.2, -0.15) is 18.4 Å². The highest BCUT2D eigenvalue weighted by Gasteiger charge is 2.73. The van der Waals surface area contributed by atoms with E-state index in [0.29, 0.717) is 19.2 Å². The second-order valence-corrected chi connectivity index (χ2v) is 10.3. The minimum absolute atomic E-state index is 0.0543. The van der Waals surface area contributed by atoms with Crippen molar-refractivity contribution in [2.24, 2.45) is 16.7 Å². The molecule has 31 heavy (non-hydrogen) atoms. The summed E-state index contributed by atoms with van der Waals surface area (Å²) in [6, 6.07) is 1.35. The van der Waals surface area contributed by atoms with E-state index in [1.165, 1.54) is 0 Å². The molecule has 1 N–H and O–H groups in total. The Bertz CT molecular complexity index is 945. The maximum atomic E-state index is 13.4. The van der Waals surface area contributed by atoms with Gasteiger partial charge in [-0.15, -0.1) is 0 Å². The van der Waals surface area contributed by atoms with Crippen molar-refractivity contribution < 1.29 is 22.8 Å². The minimum Gasteiger partial charge on any atom is -0.335 e. The van der Waals surface area contributed by atoms with Crippen molar-refractivity contribution in [3.8, 4) is 6.07 Å². The molecule has 3 fully saturated rings. The van der Waals surface area contributed by atoms with E-state index in [9.17, 15) is 28.0 Å². The number of halogens is 3. The first kappa shape index (κ1) is 23.0. The van der Waals surface area contributed by atoms with Gasteiger partial charge in [-0.1, -0.05) is 34.6 Å². The van der Waals surface area contributed by atoms with Gasteiger partial charge in [0, 0.05) is 36.3 Å². The summed E-state index contributed by atoms with van der Waals surface area (Å²) < 4.78 is 39.1. The van der Waals surface area contributed by atoms with Crippen LogP contribution in [0.15, 0.2) is 18.5 Å². The minimum atomic E-state index is -4.61. The average molecular weight is 436 g/mol. The number of hydrogen-bond donors (Lipinski definition) is 1. The van der Waals surface area contributed by atoms with Gasteiger partial charge in [-0.25, -0.2) is 0 Å². The van der Waals surface area contributed by atoms with Gasteiger partial charge in [-0.3, -0.25) is 14.6 Å². The number of carbonyl (C=O) groups excluding carboxylic acids is 2. The van der Waals surface area contributed by atoms with Crippen LogP contribution in [0.25, 0.3) is 0 Å². The molecule has 2 saturated heterocycles. The van der Waals surface area contributed by atoms with Crippen LogP contribution in [0.2, 0.25) is 0 Å². The van der Waals surface area contributed by atoms with E-state index >= 15 is 0 Å².